The average molecular weight is 421 g/mol. The lowest BCUT2D eigenvalue weighted by atomic mass is 9.95. The summed E-state index contributed by atoms with van der Waals surface area (Å²) >= 11 is 0. The highest BCUT2D eigenvalue weighted by Crippen LogP contribution is 2.34. The Hall–Kier alpha value is -3.19. The first-order chi connectivity index (χ1) is 15.0. The van der Waals surface area contributed by atoms with Crippen LogP contribution in [0.15, 0.2) is 59.0 Å². The average Bonchev–Trinajstić information content (AvgIpc) is 3.40. The lowest BCUT2D eigenvalue weighted by Crippen LogP contribution is -2.34. The van der Waals surface area contributed by atoms with Crippen LogP contribution in [0.2, 0.25) is 0 Å². The van der Waals surface area contributed by atoms with E-state index in [0.717, 1.165) is 17.7 Å². The summed E-state index contributed by atoms with van der Waals surface area (Å²) in [5.74, 6) is 1.97. The number of likely N-dealkylation sites (tertiary alicyclic amines) is 1. The molecule has 2 heterocycles. The summed E-state index contributed by atoms with van der Waals surface area (Å²) in [6, 6.07) is 17.4. The predicted molar refractivity (Wildman–Crippen MR) is 118 cm³/mol. The normalized spacial score (nSPS) is 18.5. The van der Waals surface area contributed by atoms with Crippen molar-refractivity contribution in [2.24, 2.45) is 5.92 Å². The molecule has 2 atom stereocenters. The third-order valence-electron chi connectivity index (χ3n) is 5.52. The van der Waals surface area contributed by atoms with Gasteiger partial charge in [0.1, 0.15) is 5.75 Å². The van der Waals surface area contributed by atoms with Crippen LogP contribution in [0.25, 0.3) is 11.5 Å². The third kappa shape index (κ3) is 5.11. The summed E-state index contributed by atoms with van der Waals surface area (Å²) in [7, 11) is 4.07. The molecule has 1 fully saturated rings. The molecule has 1 aliphatic rings. The Morgan fingerprint density at radius 2 is 1.94 bits per heavy atom. The van der Waals surface area contributed by atoms with Crippen LogP contribution in [0.5, 0.6) is 5.75 Å². The summed E-state index contributed by atoms with van der Waals surface area (Å²) in [6.07, 6.45) is 0. The van der Waals surface area contributed by atoms with E-state index in [1.165, 1.54) is 0 Å². The first-order valence-electron chi connectivity index (χ1n) is 10.5. The number of nitrogens with zero attached hydrogens (tertiary/aromatic N) is 4. The number of ether oxygens (including phenoxy) is 1. The van der Waals surface area contributed by atoms with Crippen molar-refractivity contribution in [1.29, 1.82) is 0 Å². The summed E-state index contributed by atoms with van der Waals surface area (Å²) in [5, 5.41) is 8.57. The van der Waals surface area contributed by atoms with Crippen LogP contribution in [0, 0.1) is 12.8 Å². The molecule has 0 bridgehead atoms. The number of benzene rings is 2. The predicted octanol–water partition coefficient (Wildman–Crippen LogP) is 3.23. The van der Waals surface area contributed by atoms with E-state index in [1.54, 1.807) is 0 Å². The van der Waals surface area contributed by atoms with Crippen molar-refractivity contribution in [2.45, 2.75) is 12.8 Å². The quantitative estimate of drug-likeness (QED) is 0.584. The lowest BCUT2D eigenvalue weighted by Gasteiger charge is -2.19. The van der Waals surface area contributed by atoms with Gasteiger partial charge in [-0.15, -0.1) is 10.2 Å². The molecule has 0 N–H and O–H groups in total. The molecule has 1 saturated heterocycles. The van der Waals surface area contributed by atoms with Crippen molar-refractivity contribution in [3.63, 3.8) is 0 Å². The van der Waals surface area contributed by atoms with E-state index in [-0.39, 0.29) is 24.3 Å². The first kappa shape index (κ1) is 21.1. The monoisotopic (exact) mass is 420 g/mol. The highest BCUT2D eigenvalue weighted by atomic mass is 16.5. The molecule has 0 aliphatic carbocycles. The van der Waals surface area contributed by atoms with Crippen molar-refractivity contribution >= 4 is 5.91 Å². The van der Waals surface area contributed by atoms with E-state index >= 15 is 0 Å². The Bertz CT molecular complexity index is 1020. The summed E-state index contributed by atoms with van der Waals surface area (Å²) in [6.45, 7) is 4.03. The first-order valence-corrected chi connectivity index (χ1v) is 10.5. The van der Waals surface area contributed by atoms with Gasteiger partial charge in [-0.3, -0.25) is 4.79 Å². The maximum absolute atomic E-state index is 12.9. The lowest BCUT2D eigenvalue weighted by molar-refractivity contribution is -0.132. The maximum atomic E-state index is 12.9. The van der Waals surface area contributed by atoms with Crippen LogP contribution in [0.3, 0.4) is 0 Å². The van der Waals surface area contributed by atoms with Crippen molar-refractivity contribution < 1.29 is 13.9 Å². The molecule has 4 rings (SSSR count). The molecule has 162 valence electrons. The van der Waals surface area contributed by atoms with Crippen LogP contribution in [0.1, 0.15) is 17.4 Å². The van der Waals surface area contributed by atoms with Gasteiger partial charge in [-0.05, 0) is 50.8 Å². The largest absolute Gasteiger partial charge is 0.484 e. The molecular weight excluding hydrogens is 392 g/mol. The number of amides is 1. The molecule has 1 amide bonds. The van der Waals surface area contributed by atoms with Gasteiger partial charge < -0.3 is 19.0 Å². The van der Waals surface area contributed by atoms with E-state index in [2.05, 4.69) is 15.1 Å². The fourth-order valence-electron chi connectivity index (χ4n) is 4.03. The number of aromatic nitrogens is 2. The topological polar surface area (TPSA) is 71.7 Å². The van der Waals surface area contributed by atoms with Crippen LogP contribution in [0.4, 0.5) is 0 Å². The van der Waals surface area contributed by atoms with Gasteiger partial charge in [0.25, 0.3) is 5.91 Å². The Kier molecular flexibility index (Phi) is 6.32. The summed E-state index contributed by atoms with van der Waals surface area (Å²) in [4.78, 5) is 16.8. The van der Waals surface area contributed by atoms with Crippen LogP contribution in [-0.4, -0.2) is 66.2 Å². The van der Waals surface area contributed by atoms with Crippen molar-refractivity contribution in [3.8, 4) is 17.2 Å². The smallest absolute Gasteiger partial charge is 0.260 e. The van der Waals surface area contributed by atoms with Gasteiger partial charge in [-0.1, -0.05) is 30.3 Å². The molecule has 31 heavy (non-hydrogen) atoms. The van der Waals surface area contributed by atoms with E-state index in [1.807, 2.05) is 80.5 Å². The van der Waals surface area contributed by atoms with Gasteiger partial charge >= 0.3 is 0 Å². The van der Waals surface area contributed by atoms with Gasteiger partial charge in [0.05, 0.1) is 5.92 Å². The van der Waals surface area contributed by atoms with Crippen molar-refractivity contribution in [1.82, 2.24) is 20.0 Å². The second-order valence-electron chi connectivity index (χ2n) is 8.34. The van der Waals surface area contributed by atoms with E-state index in [4.69, 9.17) is 9.15 Å². The Labute approximate surface area is 182 Å². The fraction of sp³-hybridized carbons (Fsp3) is 0.375. The zero-order chi connectivity index (χ0) is 21.8. The van der Waals surface area contributed by atoms with Gasteiger partial charge in [-0.2, -0.15) is 0 Å². The number of hydrogen-bond donors (Lipinski definition) is 0. The van der Waals surface area contributed by atoms with Gasteiger partial charge in [0, 0.05) is 31.1 Å². The Morgan fingerprint density at radius 3 is 2.68 bits per heavy atom. The standard InChI is InChI=1S/C24H28N4O3/c1-17-8-7-11-20(12-17)30-16-22(29)28-14-19(13-27(2)3)21(15-28)24-26-25-23(31-24)18-9-5-4-6-10-18/h4-12,19,21H,13-16H2,1-3H3/t19-,21-/m0/s1. The third-order valence-corrected chi connectivity index (χ3v) is 5.52. The number of carbonyl (C=O) groups is 1. The molecule has 0 radical (unpaired) electrons. The minimum atomic E-state index is -0.0319. The van der Waals surface area contributed by atoms with Crippen LogP contribution >= 0.6 is 0 Å². The van der Waals surface area contributed by atoms with Crippen molar-refractivity contribution in [3.05, 3.63) is 66.1 Å². The number of hydrogen-bond acceptors (Lipinski definition) is 6. The number of rotatable bonds is 7. The molecule has 0 saturated carbocycles. The molecule has 0 spiro atoms. The van der Waals surface area contributed by atoms with Crippen molar-refractivity contribution in [2.75, 3.05) is 40.3 Å². The van der Waals surface area contributed by atoms with Gasteiger partial charge in [0.2, 0.25) is 11.8 Å². The minimum absolute atomic E-state index is 0.00437. The Morgan fingerprint density at radius 1 is 1.13 bits per heavy atom. The van der Waals surface area contributed by atoms with Crippen LogP contribution < -0.4 is 4.74 Å². The van der Waals surface area contributed by atoms with E-state index in [9.17, 15) is 4.79 Å². The highest BCUT2D eigenvalue weighted by Gasteiger charge is 2.39. The van der Waals surface area contributed by atoms with E-state index in [0.29, 0.717) is 30.6 Å². The molecule has 0 unspecified atom stereocenters. The number of carbonyl (C=O) groups excluding carboxylic acids is 1. The maximum Gasteiger partial charge on any atom is 0.260 e. The second kappa shape index (κ2) is 9.31. The highest BCUT2D eigenvalue weighted by molar-refractivity contribution is 5.78. The molecule has 1 aliphatic heterocycles. The number of aryl methyl sites for hydroxylation is 1. The zero-order valence-corrected chi connectivity index (χ0v) is 18.2. The van der Waals surface area contributed by atoms with Crippen LogP contribution in [-0.2, 0) is 4.79 Å². The molecule has 7 heteroatoms. The SMILES string of the molecule is Cc1cccc(OCC(=O)N2C[C@H](CN(C)C)[C@@H](c3nnc(-c4ccccc4)o3)C2)c1. The Balaban J connectivity index is 1.46. The molecule has 2 aromatic carbocycles. The molecular formula is C24H28N4O3. The van der Waals surface area contributed by atoms with E-state index < -0.39 is 0 Å². The second-order valence-corrected chi connectivity index (χ2v) is 8.34. The molecule has 1 aromatic heterocycles. The minimum Gasteiger partial charge on any atom is -0.484 e. The summed E-state index contributed by atoms with van der Waals surface area (Å²) in [5.41, 5.74) is 1.99. The summed E-state index contributed by atoms with van der Waals surface area (Å²) < 4.78 is 11.8. The fourth-order valence-corrected chi connectivity index (χ4v) is 4.03. The van der Waals surface area contributed by atoms with Gasteiger partial charge in [0.15, 0.2) is 6.61 Å². The molecule has 3 aromatic rings. The molecule has 7 nitrogen and oxygen atoms in total. The van der Waals surface area contributed by atoms with Gasteiger partial charge in [-0.25, -0.2) is 0 Å². The zero-order valence-electron chi connectivity index (χ0n) is 18.2.